The number of amides is 1. The van der Waals surface area contributed by atoms with E-state index in [9.17, 15) is 13.2 Å². The Labute approximate surface area is 223 Å². The third-order valence-electron chi connectivity index (χ3n) is 6.59. The molecule has 1 aliphatic rings. The van der Waals surface area contributed by atoms with E-state index in [1.165, 1.54) is 18.6 Å². The number of piperazine rings is 1. The van der Waals surface area contributed by atoms with E-state index in [0.29, 0.717) is 37.6 Å². The van der Waals surface area contributed by atoms with E-state index in [1.54, 1.807) is 24.3 Å². The monoisotopic (exact) mass is 542 g/mol. The summed E-state index contributed by atoms with van der Waals surface area (Å²) in [5, 5.41) is 1.74. The second-order valence-corrected chi connectivity index (χ2v) is 11.1. The molecule has 1 atom stereocenters. The lowest BCUT2D eigenvalue weighted by Gasteiger charge is -2.41. The first-order chi connectivity index (χ1) is 17.8. The molecule has 0 aliphatic carbocycles. The second kappa shape index (κ2) is 10.4. The van der Waals surface area contributed by atoms with Crippen molar-refractivity contribution >= 4 is 49.9 Å². The highest BCUT2D eigenvalue weighted by atomic mass is 35.5. The maximum atomic E-state index is 13.1. The lowest BCUT2D eigenvalue weighted by atomic mass is 10.1. The molecule has 3 heterocycles. The SMILES string of the molecule is C[C@H]1CN(c2ccc(S(=O)(=O)Nc3ccncn3)cc2)CCN1C(=O)CCn1ccc2cccc(Cl)c21.[HH].[HH]. The molecule has 0 radical (unpaired) electrons. The predicted octanol–water partition coefficient (Wildman–Crippen LogP) is 4.50. The van der Waals surface area contributed by atoms with E-state index >= 15 is 0 Å². The normalized spacial score (nSPS) is 16.2. The fourth-order valence-electron chi connectivity index (χ4n) is 4.71. The summed E-state index contributed by atoms with van der Waals surface area (Å²) in [6.45, 7) is 4.53. The molecule has 1 saturated heterocycles. The van der Waals surface area contributed by atoms with E-state index in [1.807, 2.05) is 46.9 Å². The Morgan fingerprint density at radius 1 is 1.14 bits per heavy atom. The summed E-state index contributed by atoms with van der Waals surface area (Å²) in [7, 11) is -3.76. The minimum absolute atomic E-state index is 0. The highest BCUT2D eigenvalue weighted by Crippen LogP contribution is 2.26. The highest BCUT2D eigenvalue weighted by molar-refractivity contribution is 7.92. The predicted molar refractivity (Wildman–Crippen MR) is 148 cm³/mol. The maximum absolute atomic E-state index is 13.1. The molecule has 2 aromatic carbocycles. The van der Waals surface area contributed by atoms with Crippen LogP contribution in [0.5, 0.6) is 0 Å². The van der Waals surface area contributed by atoms with Gasteiger partial charge < -0.3 is 14.4 Å². The number of sulfonamides is 1. The van der Waals surface area contributed by atoms with Crippen LogP contribution in [0.4, 0.5) is 11.5 Å². The van der Waals surface area contributed by atoms with Gasteiger partial charge in [0.2, 0.25) is 5.91 Å². The van der Waals surface area contributed by atoms with Crippen molar-refractivity contribution in [1.29, 1.82) is 0 Å². The third-order valence-corrected chi connectivity index (χ3v) is 8.26. The standard InChI is InChI=1S/C26H27ClN6O3S.2H2/c1-19-17-32(21-5-7-22(8-6-21)37(35,36)30-24-9-12-28-18-29-24)15-16-33(19)25(34)11-14-31-13-10-20-3-2-4-23(27)26(20)31;;/h2-10,12-13,18-19H,11,14-17H2,1H3,(H,28,29,30);2*1H/t19-;;/m0../s1. The number of aromatic nitrogens is 3. The number of benzene rings is 2. The third kappa shape index (κ3) is 5.40. The van der Waals surface area contributed by atoms with Gasteiger partial charge in [-0.15, -0.1) is 0 Å². The van der Waals surface area contributed by atoms with Crippen LogP contribution >= 0.6 is 11.6 Å². The van der Waals surface area contributed by atoms with Gasteiger partial charge in [-0.3, -0.25) is 9.52 Å². The Hall–Kier alpha value is -3.63. The number of rotatable bonds is 7. The van der Waals surface area contributed by atoms with Crippen LogP contribution in [0.2, 0.25) is 5.02 Å². The highest BCUT2D eigenvalue weighted by Gasteiger charge is 2.27. The van der Waals surface area contributed by atoms with Crippen molar-refractivity contribution in [3.63, 3.8) is 0 Å². The second-order valence-electron chi connectivity index (χ2n) is 9.01. The van der Waals surface area contributed by atoms with Gasteiger partial charge in [0.05, 0.1) is 15.4 Å². The number of aryl methyl sites for hydroxylation is 1. The molecule has 0 unspecified atom stereocenters. The number of carbonyl (C=O) groups excluding carboxylic acids is 1. The van der Waals surface area contributed by atoms with Crippen molar-refractivity contribution < 1.29 is 16.1 Å². The van der Waals surface area contributed by atoms with E-state index in [-0.39, 0.29) is 25.5 Å². The maximum Gasteiger partial charge on any atom is 0.263 e. The van der Waals surface area contributed by atoms with Crippen molar-refractivity contribution in [2.75, 3.05) is 29.3 Å². The van der Waals surface area contributed by atoms with Crippen molar-refractivity contribution in [2.24, 2.45) is 0 Å². The molecule has 1 fully saturated rings. The van der Waals surface area contributed by atoms with Gasteiger partial charge in [-0.25, -0.2) is 18.4 Å². The summed E-state index contributed by atoms with van der Waals surface area (Å²) in [6.07, 6.45) is 5.12. The number of para-hydroxylation sites is 1. The number of hydrogen-bond donors (Lipinski definition) is 1. The van der Waals surface area contributed by atoms with E-state index < -0.39 is 10.0 Å². The molecule has 9 nitrogen and oxygen atoms in total. The molecule has 1 aliphatic heterocycles. The summed E-state index contributed by atoms with van der Waals surface area (Å²) in [5.74, 6) is 0.319. The first-order valence-electron chi connectivity index (χ1n) is 12.0. The number of halogens is 1. The smallest absolute Gasteiger partial charge is 0.263 e. The summed E-state index contributed by atoms with van der Waals surface area (Å²) in [4.78, 5) is 25.0. The van der Waals surface area contributed by atoms with Gasteiger partial charge in [0.1, 0.15) is 12.1 Å². The first kappa shape index (κ1) is 25.0. The number of fused-ring (bicyclic) bond motifs is 1. The largest absolute Gasteiger partial charge is 0.368 e. The lowest BCUT2D eigenvalue weighted by molar-refractivity contribution is -0.133. The molecule has 196 valence electrons. The van der Waals surface area contributed by atoms with Gasteiger partial charge >= 0.3 is 0 Å². The fraction of sp³-hybridized carbons (Fsp3) is 0.269. The Balaban J connectivity index is 0.00000210. The Bertz CT molecular complexity index is 1520. The lowest BCUT2D eigenvalue weighted by Crippen LogP contribution is -2.54. The van der Waals surface area contributed by atoms with Gasteiger partial charge in [0, 0.05) is 65.0 Å². The number of hydrogen-bond acceptors (Lipinski definition) is 6. The van der Waals surface area contributed by atoms with Crippen LogP contribution in [0, 0.1) is 0 Å². The molecular weight excluding hydrogens is 512 g/mol. The van der Waals surface area contributed by atoms with Gasteiger partial charge in [-0.05, 0) is 49.4 Å². The molecule has 2 aromatic heterocycles. The molecule has 0 spiro atoms. The zero-order chi connectivity index (χ0) is 26.0. The van der Waals surface area contributed by atoms with Gasteiger partial charge in [0.25, 0.3) is 10.0 Å². The minimum atomic E-state index is -3.76. The molecule has 5 rings (SSSR count). The Kier molecular flexibility index (Phi) is 7.03. The quantitative estimate of drug-likeness (QED) is 0.369. The van der Waals surface area contributed by atoms with Crippen LogP contribution in [-0.4, -0.2) is 59.4 Å². The van der Waals surface area contributed by atoms with Gasteiger partial charge in [-0.1, -0.05) is 23.7 Å². The van der Waals surface area contributed by atoms with Crippen molar-refractivity contribution in [1.82, 2.24) is 19.4 Å². The van der Waals surface area contributed by atoms with E-state index in [4.69, 9.17) is 11.6 Å². The average molecular weight is 543 g/mol. The van der Waals surface area contributed by atoms with Crippen LogP contribution in [0.25, 0.3) is 10.9 Å². The zero-order valence-corrected chi connectivity index (χ0v) is 21.9. The van der Waals surface area contributed by atoms with Crippen molar-refractivity contribution in [2.45, 2.75) is 30.8 Å². The van der Waals surface area contributed by atoms with Gasteiger partial charge in [0.15, 0.2) is 0 Å². The topological polar surface area (TPSA) is 100 Å². The zero-order valence-electron chi connectivity index (χ0n) is 20.3. The number of nitrogens with zero attached hydrogens (tertiary/aromatic N) is 5. The van der Waals surface area contributed by atoms with E-state index in [0.717, 1.165) is 16.6 Å². The van der Waals surface area contributed by atoms with Crippen LogP contribution in [0.15, 0.2) is 78.2 Å². The molecule has 1 amide bonds. The summed E-state index contributed by atoms with van der Waals surface area (Å²) in [5.41, 5.74) is 1.86. The fourth-order valence-corrected chi connectivity index (χ4v) is 6.01. The number of carbonyl (C=O) groups is 1. The molecular formula is C26H31ClN6O3S. The minimum Gasteiger partial charge on any atom is -0.368 e. The number of nitrogens with one attached hydrogen (secondary N) is 1. The molecule has 0 bridgehead atoms. The first-order valence-corrected chi connectivity index (χ1v) is 13.8. The van der Waals surface area contributed by atoms with Crippen LogP contribution in [0.1, 0.15) is 16.2 Å². The Morgan fingerprint density at radius 2 is 1.95 bits per heavy atom. The number of anilines is 2. The van der Waals surface area contributed by atoms with Crippen LogP contribution in [-0.2, 0) is 21.4 Å². The van der Waals surface area contributed by atoms with Crippen LogP contribution < -0.4 is 9.62 Å². The summed E-state index contributed by atoms with van der Waals surface area (Å²) in [6, 6.07) is 16.1. The van der Waals surface area contributed by atoms with Gasteiger partial charge in [-0.2, -0.15) is 0 Å². The van der Waals surface area contributed by atoms with Crippen molar-refractivity contribution in [3.8, 4) is 0 Å². The Morgan fingerprint density at radius 3 is 2.68 bits per heavy atom. The summed E-state index contributed by atoms with van der Waals surface area (Å²) >= 11 is 6.37. The summed E-state index contributed by atoms with van der Waals surface area (Å²) < 4.78 is 29.8. The van der Waals surface area contributed by atoms with Crippen molar-refractivity contribution in [3.05, 3.63) is 78.3 Å². The molecule has 0 saturated carbocycles. The van der Waals surface area contributed by atoms with Crippen LogP contribution in [0.3, 0.4) is 0 Å². The molecule has 37 heavy (non-hydrogen) atoms. The molecule has 1 N–H and O–H groups in total. The average Bonchev–Trinajstić information content (AvgIpc) is 3.32. The van der Waals surface area contributed by atoms with E-state index in [2.05, 4.69) is 19.6 Å². The molecule has 11 heteroatoms. The molecule has 4 aromatic rings.